The minimum Gasteiger partial charge on any atom is -0.404 e. The highest BCUT2D eigenvalue weighted by Gasteiger charge is 2.20. The zero-order valence-corrected chi connectivity index (χ0v) is 15.3. The number of ether oxygens (including phenoxy) is 1. The molecule has 6 heteroatoms. The van der Waals surface area contributed by atoms with Crippen LogP contribution in [0.25, 0.3) is 16.9 Å². The van der Waals surface area contributed by atoms with Gasteiger partial charge < -0.3 is 4.74 Å². The summed E-state index contributed by atoms with van der Waals surface area (Å²) < 4.78 is 20.9. The Morgan fingerprint density at radius 3 is 2.36 bits per heavy atom. The van der Waals surface area contributed by atoms with Crippen molar-refractivity contribution >= 4 is 17.6 Å². The third kappa shape index (κ3) is 3.52. The molecular formula is C22H14ClFN2O2. The Morgan fingerprint density at radius 1 is 0.929 bits per heavy atom. The molecule has 0 aliphatic carbocycles. The van der Waals surface area contributed by atoms with Gasteiger partial charge in [0.05, 0.1) is 22.0 Å². The van der Waals surface area contributed by atoms with Crippen molar-refractivity contribution in [2.75, 3.05) is 0 Å². The van der Waals surface area contributed by atoms with Crippen molar-refractivity contribution in [2.24, 2.45) is 0 Å². The average molecular weight is 393 g/mol. The standard InChI is InChI=1S/C22H14ClFN2O2/c23-17-11-5-7-13-20(17)26-21(14-19(25-26)15-8-2-1-3-9-15)28-22(27)16-10-4-6-12-18(16)24/h1-14H. The predicted molar refractivity (Wildman–Crippen MR) is 105 cm³/mol. The van der Waals surface area contributed by atoms with Gasteiger partial charge in [-0.2, -0.15) is 9.78 Å². The Hall–Kier alpha value is -3.44. The van der Waals surface area contributed by atoms with Gasteiger partial charge in [-0.1, -0.05) is 66.2 Å². The molecule has 4 aromatic rings. The number of hydrogen-bond donors (Lipinski definition) is 0. The Balaban J connectivity index is 1.79. The van der Waals surface area contributed by atoms with Crippen LogP contribution >= 0.6 is 11.6 Å². The first-order valence-corrected chi connectivity index (χ1v) is 8.88. The van der Waals surface area contributed by atoms with E-state index in [-0.39, 0.29) is 11.4 Å². The maximum Gasteiger partial charge on any atom is 0.347 e. The van der Waals surface area contributed by atoms with Crippen LogP contribution in [0.3, 0.4) is 0 Å². The van der Waals surface area contributed by atoms with Crippen molar-refractivity contribution in [3.05, 3.63) is 101 Å². The van der Waals surface area contributed by atoms with E-state index in [0.717, 1.165) is 5.56 Å². The number of nitrogens with zero attached hydrogens (tertiary/aromatic N) is 2. The number of benzene rings is 3. The quantitative estimate of drug-likeness (QED) is 0.427. The zero-order chi connectivity index (χ0) is 19.5. The van der Waals surface area contributed by atoms with Gasteiger partial charge >= 0.3 is 5.97 Å². The van der Waals surface area contributed by atoms with Gasteiger partial charge in [-0.05, 0) is 24.3 Å². The first-order valence-electron chi connectivity index (χ1n) is 8.50. The second-order valence-electron chi connectivity index (χ2n) is 5.97. The molecule has 0 unspecified atom stereocenters. The highest BCUT2D eigenvalue weighted by Crippen LogP contribution is 2.30. The summed E-state index contributed by atoms with van der Waals surface area (Å²) in [4.78, 5) is 12.5. The summed E-state index contributed by atoms with van der Waals surface area (Å²) in [6.07, 6.45) is 0. The maximum absolute atomic E-state index is 14.0. The lowest BCUT2D eigenvalue weighted by molar-refractivity contribution is 0.0718. The van der Waals surface area contributed by atoms with E-state index in [1.54, 1.807) is 36.4 Å². The second kappa shape index (κ2) is 7.66. The van der Waals surface area contributed by atoms with E-state index in [0.29, 0.717) is 16.4 Å². The van der Waals surface area contributed by atoms with Crippen LogP contribution in [0.4, 0.5) is 4.39 Å². The minimum atomic E-state index is -0.814. The molecular weight excluding hydrogens is 379 g/mol. The molecule has 0 saturated heterocycles. The van der Waals surface area contributed by atoms with Crippen molar-refractivity contribution in [1.29, 1.82) is 0 Å². The molecule has 3 aromatic carbocycles. The fourth-order valence-corrected chi connectivity index (χ4v) is 2.98. The molecule has 0 aliphatic heterocycles. The number of halogens is 2. The zero-order valence-electron chi connectivity index (χ0n) is 14.5. The molecule has 0 N–H and O–H groups in total. The summed E-state index contributed by atoms with van der Waals surface area (Å²) in [7, 11) is 0. The van der Waals surface area contributed by atoms with E-state index >= 15 is 0 Å². The van der Waals surface area contributed by atoms with Gasteiger partial charge in [0.1, 0.15) is 5.82 Å². The third-order valence-electron chi connectivity index (χ3n) is 4.12. The van der Waals surface area contributed by atoms with Gasteiger partial charge in [0.15, 0.2) is 0 Å². The Labute approximate surface area is 165 Å². The molecule has 0 aliphatic rings. The van der Waals surface area contributed by atoms with Crippen LogP contribution in [-0.2, 0) is 0 Å². The molecule has 138 valence electrons. The van der Waals surface area contributed by atoms with Gasteiger partial charge in [-0.3, -0.25) is 0 Å². The van der Waals surface area contributed by atoms with Gasteiger partial charge in [-0.25, -0.2) is 9.18 Å². The molecule has 0 bridgehead atoms. The van der Waals surface area contributed by atoms with E-state index in [1.807, 2.05) is 30.3 Å². The molecule has 28 heavy (non-hydrogen) atoms. The highest BCUT2D eigenvalue weighted by molar-refractivity contribution is 6.32. The third-order valence-corrected chi connectivity index (χ3v) is 4.44. The van der Waals surface area contributed by atoms with Crippen molar-refractivity contribution in [3.63, 3.8) is 0 Å². The maximum atomic E-state index is 14.0. The van der Waals surface area contributed by atoms with Crippen molar-refractivity contribution in [3.8, 4) is 22.8 Å². The summed E-state index contributed by atoms with van der Waals surface area (Å²) in [6.45, 7) is 0. The smallest absolute Gasteiger partial charge is 0.347 e. The fraction of sp³-hybridized carbons (Fsp3) is 0. The number of hydrogen-bond acceptors (Lipinski definition) is 3. The van der Waals surface area contributed by atoms with Crippen molar-refractivity contribution in [1.82, 2.24) is 9.78 Å². The summed E-state index contributed by atoms with van der Waals surface area (Å²) >= 11 is 6.30. The van der Waals surface area contributed by atoms with Crippen LogP contribution in [0.5, 0.6) is 5.88 Å². The van der Waals surface area contributed by atoms with Gasteiger partial charge in [-0.15, -0.1) is 0 Å². The van der Waals surface area contributed by atoms with Crippen LogP contribution < -0.4 is 4.74 Å². The average Bonchev–Trinajstić information content (AvgIpc) is 3.13. The van der Waals surface area contributed by atoms with E-state index in [2.05, 4.69) is 5.10 Å². The van der Waals surface area contributed by atoms with Crippen molar-refractivity contribution < 1.29 is 13.9 Å². The molecule has 0 atom stereocenters. The summed E-state index contributed by atoms with van der Waals surface area (Å²) in [6, 6.07) is 23.8. The van der Waals surface area contributed by atoms with E-state index in [1.165, 1.54) is 22.9 Å². The van der Waals surface area contributed by atoms with Gasteiger partial charge in [0, 0.05) is 11.6 Å². The number of esters is 1. The van der Waals surface area contributed by atoms with Crippen LogP contribution in [0.2, 0.25) is 5.02 Å². The molecule has 4 nitrogen and oxygen atoms in total. The molecule has 1 heterocycles. The number of rotatable bonds is 4. The summed E-state index contributed by atoms with van der Waals surface area (Å²) in [5, 5.41) is 4.98. The highest BCUT2D eigenvalue weighted by atomic mass is 35.5. The fourth-order valence-electron chi connectivity index (χ4n) is 2.76. The normalized spacial score (nSPS) is 10.6. The van der Waals surface area contributed by atoms with Crippen molar-refractivity contribution in [2.45, 2.75) is 0 Å². The molecule has 0 fully saturated rings. The van der Waals surface area contributed by atoms with Gasteiger partial charge in [0.2, 0.25) is 5.88 Å². The lowest BCUT2D eigenvalue weighted by Crippen LogP contribution is -2.13. The molecule has 0 amide bonds. The number of aromatic nitrogens is 2. The number of carbonyl (C=O) groups is 1. The first kappa shape index (κ1) is 17.9. The molecule has 0 saturated carbocycles. The van der Waals surface area contributed by atoms with Crippen LogP contribution in [-0.4, -0.2) is 15.7 Å². The topological polar surface area (TPSA) is 44.1 Å². The van der Waals surface area contributed by atoms with Crippen LogP contribution in [0.15, 0.2) is 84.9 Å². The molecule has 4 rings (SSSR count). The summed E-state index contributed by atoms with van der Waals surface area (Å²) in [5.41, 5.74) is 1.83. The minimum absolute atomic E-state index is 0.139. The van der Waals surface area contributed by atoms with Crippen LogP contribution in [0, 0.1) is 5.82 Å². The number of para-hydroxylation sites is 1. The lowest BCUT2D eigenvalue weighted by Gasteiger charge is -2.09. The Kier molecular flexibility index (Phi) is 4.91. The van der Waals surface area contributed by atoms with E-state index in [9.17, 15) is 9.18 Å². The SMILES string of the molecule is O=C(Oc1cc(-c2ccccc2)nn1-c1ccccc1Cl)c1ccccc1F. The largest absolute Gasteiger partial charge is 0.404 e. The summed E-state index contributed by atoms with van der Waals surface area (Å²) in [5.74, 6) is -1.33. The van der Waals surface area contributed by atoms with Crippen LogP contribution in [0.1, 0.15) is 10.4 Å². The number of carbonyl (C=O) groups excluding carboxylic acids is 1. The second-order valence-corrected chi connectivity index (χ2v) is 6.37. The van der Waals surface area contributed by atoms with E-state index in [4.69, 9.17) is 16.3 Å². The van der Waals surface area contributed by atoms with E-state index < -0.39 is 11.8 Å². The predicted octanol–water partition coefficient (Wildman–Crippen LogP) is 5.55. The molecule has 0 spiro atoms. The Bertz CT molecular complexity index is 1140. The monoisotopic (exact) mass is 392 g/mol. The first-order chi connectivity index (χ1) is 13.6. The molecule has 1 aromatic heterocycles. The Morgan fingerprint density at radius 2 is 1.61 bits per heavy atom. The van der Waals surface area contributed by atoms with Gasteiger partial charge in [0.25, 0.3) is 0 Å². The lowest BCUT2D eigenvalue weighted by atomic mass is 10.2. The molecule has 0 radical (unpaired) electrons.